The lowest BCUT2D eigenvalue weighted by Crippen LogP contribution is -2.50. The molecule has 2 aromatic rings. The Morgan fingerprint density at radius 1 is 1.17 bits per heavy atom. The van der Waals surface area contributed by atoms with Crippen LogP contribution in [0.1, 0.15) is 18.2 Å². The molecule has 1 aromatic heterocycles. The zero-order chi connectivity index (χ0) is 22.3. The van der Waals surface area contributed by atoms with E-state index in [1.807, 2.05) is 6.07 Å². The highest BCUT2D eigenvalue weighted by molar-refractivity contribution is 7.88. The highest BCUT2D eigenvalue weighted by atomic mass is 35.5. The van der Waals surface area contributed by atoms with Crippen LogP contribution in [0.5, 0.6) is 0 Å². The molecule has 0 fully saturated rings. The monoisotopic (exact) mass is 452 g/mol. The minimum atomic E-state index is -3.54. The van der Waals surface area contributed by atoms with Crippen LogP contribution in [0.25, 0.3) is 0 Å². The molecule has 0 aliphatic carbocycles. The molecule has 2 rings (SSSR count). The standard InChI is InChI=1S/C20H25ClN4O4S/c1-15(20(27)23-12-18-6-4-5-11-22-18)25(13-16-7-9-17(21)10-8-16)19(26)14-24(2)30(3,28)29/h4-11,15H,12-14H2,1-3H3,(H,23,27). The van der Waals surface area contributed by atoms with Crippen molar-refractivity contribution in [3.63, 3.8) is 0 Å². The summed E-state index contributed by atoms with van der Waals surface area (Å²) < 4.78 is 24.4. The van der Waals surface area contributed by atoms with E-state index in [0.29, 0.717) is 10.7 Å². The molecule has 1 aromatic carbocycles. The first-order valence-corrected chi connectivity index (χ1v) is 11.4. The SMILES string of the molecule is CC(C(=O)NCc1ccccn1)N(Cc1ccc(Cl)cc1)C(=O)CN(C)S(C)(=O)=O. The number of hydrogen-bond donors (Lipinski definition) is 1. The topological polar surface area (TPSA) is 99.7 Å². The highest BCUT2D eigenvalue weighted by Gasteiger charge is 2.28. The number of rotatable bonds is 9. The average molecular weight is 453 g/mol. The third-order valence-electron chi connectivity index (χ3n) is 4.53. The summed E-state index contributed by atoms with van der Waals surface area (Å²) >= 11 is 5.92. The van der Waals surface area contributed by atoms with E-state index >= 15 is 0 Å². The van der Waals surface area contributed by atoms with E-state index in [0.717, 1.165) is 16.1 Å². The third kappa shape index (κ3) is 7.08. The van der Waals surface area contributed by atoms with Crippen LogP contribution < -0.4 is 5.32 Å². The lowest BCUT2D eigenvalue weighted by Gasteiger charge is -2.30. The second kappa shape index (κ2) is 10.5. The van der Waals surface area contributed by atoms with Crippen molar-refractivity contribution < 1.29 is 18.0 Å². The fourth-order valence-corrected chi connectivity index (χ4v) is 3.07. The van der Waals surface area contributed by atoms with Crippen molar-refractivity contribution in [2.75, 3.05) is 19.8 Å². The van der Waals surface area contributed by atoms with Crippen molar-refractivity contribution in [1.82, 2.24) is 19.5 Å². The molecular weight excluding hydrogens is 428 g/mol. The zero-order valence-electron chi connectivity index (χ0n) is 17.1. The Morgan fingerprint density at radius 3 is 2.40 bits per heavy atom. The van der Waals surface area contributed by atoms with Gasteiger partial charge in [0, 0.05) is 24.8 Å². The molecule has 10 heteroatoms. The Balaban J connectivity index is 2.16. The van der Waals surface area contributed by atoms with Crippen LogP contribution in [0.4, 0.5) is 0 Å². The minimum absolute atomic E-state index is 0.131. The van der Waals surface area contributed by atoms with Gasteiger partial charge in [-0.1, -0.05) is 29.8 Å². The molecule has 0 saturated heterocycles. The van der Waals surface area contributed by atoms with E-state index in [4.69, 9.17) is 11.6 Å². The molecule has 0 radical (unpaired) electrons. The summed E-state index contributed by atoms with van der Waals surface area (Å²) in [6, 6.07) is 11.4. The summed E-state index contributed by atoms with van der Waals surface area (Å²) in [5.41, 5.74) is 1.45. The first kappa shape index (κ1) is 23.8. The van der Waals surface area contributed by atoms with E-state index in [-0.39, 0.29) is 25.5 Å². The maximum atomic E-state index is 12.9. The van der Waals surface area contributed by atoms with Crippen molar-refractivity contribution in [1.29, 1.82) is 0 Å². The molecule has 30 heavy (non-hydrogen) atoms. The molecule has 0 saturated carbocycles. The highest BCUT2D eigenvalue weighted by Crippen LogP contribution is 2.14. The first-order chi connectivity index (χ1) is 14.1. The number of aromatic nitrogens is 1. The van der Waals surface area contributed by atoms with Gasteiger partial charge >= 0.3 is 0 Å². The van der Waals surface area contributed by atoms with E-state index in [1.54, 1.807) is 49.5 Å². The van der Waals surface area contributed by atoms with E-state index in [1.165, 1.54) is 11.9 Å². The summed E-state index contributed by atoms with van der Waals surface area (Å²) in [7, 11) is -2.22. The van der Waals surface area contributed by atoms with Crippen LogP contribution in [-0.2, 0) is 32.7 Å². The Hall–Kier alpha value is -2.49. The summed E-state index contributed by atoms with van der Waals surface area (Å²) in [4.78, 5) is 31.1. The largest absolute Gasteiger partial charge is 0.349 e. The van der Waals surface area contributed by atoms with E-state index in [2.05, 4.69) is 10.3 Å². The molecule has 8 nitrogen and oxygen atoms in total. The average Bonchev–Trinajstić information content (AvgIpc) is 2.71. The number of carbonyl (C=O) groups excluding carboxylic acids is 2. The second-order valence-corrected chi connectivity index (χ2v) is 9.41. The van der Waals surface area contributed by atoms with Gasteiger partial charge in [-0.05, 0) is 36.8 Å². The van der Waals surface area contributed by atoms with Gasteiger partial charge in [0.25, 0.3) is 0 Å². The molecule has 162 valence electrons. The Kier molecular flexibility index (Phi) is 8.33. The number of nitrogens with one attached hydrogen (secondary N) is 1. The van der Waals surface area contributed by atoms with Crippen LogP contribution in [0.15, 0.2) is 48.7 Å². The van der Waals surface area contributed by atoms with Gasteiger partial charge in [0.15, 0.2) is 0 Å². The Labute approximate surface area is 181 Å². The summed E-state index contributed by atoms with van der Waals surface area (Å²) in [5, 5.41) is 3.31. The maximum absolute atomic E-state index is 12.9. The van der Waals surface area contributed by atoms with Gasteiger partial charge in [-0.2, -0.15) is 4.31 Å². The zero-order valence-corrected chi connectivity index (χ0v) is 18.7. The quantitative estimate of drug-likeness (QED) is 0.623. The molecule has 0 spiro atoms. The lowest BCUT2D eigenvalue weighted by molar-refractivity contribution is -0.140. The normalized spacial score (nSPS) is 12.4. The molecule has 0 bridgehead atoms. The van der Waals surface area contributed by atoms with Gasteiger partial charge in [0.2, 0.25) is 21.8 Å². The third-order valence-corrected chi connectivity index (χ3v) is 6.04. The predicted molar refractivity (Wildman–Crippen MR) is 115 cm³/mol. The van der Waals surface area contributed by atoms with Crippen molar-refractivity contribution >= 4 is 33.4 Å². The lowest BCUT2D eigenvalue weighted by atomic mass is 10.1. The van der Waals surface area contributed by atoms with Crippen molar-refractivity contribution in [2.24, 2.45) is 0 Å². The van der Waals surface area contributed by atoms with Gasteiger partial charge in [0.1, 0.15) is 6.04 Å². The number of nitrogens with zero attached hydrogens (tertiary/aromatic N) is 3. The van der Waals surface area contributed by atoms with Crippen LogP contribution in [-0.4, -0.2) is 60.3 Å². The molecule has 1 heterocycles. The van der Waals surface area contributed by atoms with Crippen LogP contribution in [0.3, 0.4) is 0 Å². The first-order valence-electron chi connectivity index (χ1n) is 9.20. The molecule has 1 atom stereocenters. The number of pyridine rings is 1. The molecule has 0 aliphatic rings. The number of amides is 2. The smallest absolute Gasteiger partial charge is 0.242 e. The van der Waals surface area contributed by atoms with Gasteiger partial charge in [-0.3, -0.25) is 14.6 Å². The summed E-state index contributed by atoms with van der Waals surface area (Å²) in [6.07, 6.45) is 2.65. The van der Waals surface area contributed by atoms with E-state index < -0.39 is 22.0 Å². The molecule has 1 N–H and O–H groups in total. The van der Waals surface area contributed by atoms with Crippen LogP contribution in [0, 0.1) is 0 Å². The minimum Gasteiger partial charge on any atom is -0.349 e. The predicted octanol–water partition coefficient (Wildman–Crippen LogP) is 1.66. The number of hydrogen-bond acceptors (Lipinski definition) is 5. The fourth-order valence-electron chi connectivity index (χ4n) is 2.60. The van der Waals surface area contributed by atoms with Crippen molar-refractivity contribution in [3.05, 3.63) is 64.9 Å². The molecule has 0 aliphatic heterocycles. The van der Waals surface area contributed by atoms with Gasteiger partial charge < -0.3 is 10.2 Å². The molecular formula is C20H25ClN4O4S. The summed E-state index contributed by atoms with van der Waals surface area (Å²) in [6.45, 7) is 1.58. The van der Waals surface area contributed by atoms with Gasteiger partial charge in [-0.15, -0.1) is 0 Å². The molecule has 2 amide bonds. The maximum Gasteiger partial charge on any atom is 0.242 e. The van der Waals surface area contributed by atoms with Crippen molar-refractivity contribution in [2.45, 2.75) is 26.1 Å². The van der Waals surface area contributed by atoms with E-state index in [9.17, 15) is 18.0 Å². The number of likely N-dealkylation sites (N-methyl/N-ethyl adjacent to an activating group) is 1. The summed E-state index contributed by atoms with van der Waals surface area (Å²) in [5.74, 6) is -0.858. The molecule has 1 unspecified atom stereocenters. The number of carbonyl (C=O) groups is 2. The van der Waals surface area contributed by atoms with Crippen molar-refractivity contribution in [3.8, 4) is 0 Å². The number of halogens is 1. The second-order valence-electron chi connectivity index (χ2n) is 6.88. The fraction of sp³-hybridized carbons (Fsp3) is 0.350. The Bertz CT molecular complexity index is 968. The number of benzene rings is 1. The van der Waals surface area contributed by atoms with Crippen LogP contribution in [0.2, 0.25) is 5.02 Å². The van der Waals surface area contributed by atoms with Gasteiger partial charge in [-0.25, -0.2) is 8.42 Å². The van der Waals surface area contributed by atoms with Crippen LogP contribution >= 0.6 is 11.6 Å². The van der Waals surface area contributed by atoms with Gasteiger partial charge in [0.05, 0.1) is 25.0 Å². The Morgan fingerprint density at radius 2 is 1.83 bits per heavy atom. The number of sulfonamides is 1.